The van der Waals surface area contributed by atoms with Gasteiger partial charge in [0.1, 0.15) is 11.0 Å². The van der Waals surface area contributed by atoms with E-state index in [1.807, 2.05) is 0 Å². The molecule has 0 radical (unpaired) electrons. The first kappa shape index (κ1) is 13.8. The number of hydrogen-bond acceptors (Lipinski definition) is 5. The molecule has 0 unspecified atom stereocenters. The lowest BCUT2D eigenvalue weighted by atomic mass is 9.81. The molecule has 0 bridgehead atoms. The first-order valence-electron chi connectivity index (χ1n) is 5.41. The van der Waals surface area contributed by atoms with Gasteiger partial charge in [0.05, 0.1) is 13.7 Å². The van der Waals surface area contributed by atoms with Crippen molar-refractivity contribution in [2.75, 3.05) is 26.8 Å². The molecule has 0 atom stereocenters. The maximum atomic E-state index is 11.6. The fourth-order valence-electron chi connectivity index (χ4n) is 1.65. The maximum absolute atomic E-state index is 11.6. The highest BCUT2D eigenvalue weighted by Gasteiger charge is 2.52. The third-order valence-electron chi connectivity index (χ3n) is 2.56. The zero-order valence-corrected chi connectivity index (χ0v) is 10.6. The quantitative estimate of drug-likeness (QED) is 0.712. The molecular formula is C11H19NO5. The minimum atomic E-state index is -0.981. The number of carbonyl (C=O) groups excluding carboxylic acids is 2. The van der Waals surface area contributed by atoms with Crippen molar-refractivity contribution in [3.8, 4) is 0 Å². The van der Waals surface area contributed by atoms with Gasteiger partial charge in [-0.15, -0.1) is 0 Å². The summed E-state index contributed by atoms with van der Waals surface area (Å²) in [5, 5.41) is 9.19. The summed E-state index contributed by atoms with van der Waals surface area (Å²) in [6, 6.07) is 0. The van der Waals surface area contributed by atoms with Gasteiger partial charge in [0.15, 0.2) is 0 Å². The van der Waals surface area contributed by atoms with Crippen LogP contribution in [0.25, 0.3) is 0 Å². The van der Waals surface area contributed by atoms with Gasteiger partial charge in [-0.25, -0.2) is 4.79 Å². The van der Waals surface area contributed by atoms with Crippen molar-refractivity contribution in [3.63, 3.8) is 0 Å². The van der Waals surface area contributed by atoms with E-state index in [4.69, 9.17) is 4.74 Å². The second kappa shape index (κ2) is 4.52. The van der Waals surface area contributed by atoms with Crippen LogP contribution in [0.5, 0.6) is 0 Å². The first-order chi connectivity index (χ1) is 7.74. The van der Waals surface area contributed by atoms with E-state index in [-0.39, 0.29) is 19.7 Å². The molecule has 0 aromatic rings. The average molecular weight is 245 g/mol. The molecule has 0 saturated carbocycles. The van der Waals surface area contributed by atoms with Crippen LogP contribution in [0.15, 0.2) is 0 Å². The SMILES string of the molecule is COC(=O)C1(CO)CN(C(=O)OC(C)(C)C)C1. The third-order valence-corrected chi connectivity index (χ3v) is 2.56. The monoisotopic (exact) mass is 245 g/mol. The minimum Gasteiger partial charge on any atom is -0.468 e. The lowest BCUT2D eigenvalue weighted by Gasteiger charge is -2.46. The standard InChI is InChI=1S/C11H19NO5/c1-10(2,3)17-9(15)12-5-11(6-12,7-13)8(14)16-4/h13H,5-7H2,1-4H3. The summed E-state index contributed by atoms with van der Waals surface area (Å²) in [4.78, 5) is 24.4. The number of likely N-dealkylation sites (tertiary alicyclic amines) is 1. The van der Waals surface area contributed by atoms with E-state index >= 15 is 0 Å². The van der Waals surface area contributed by atoms with Gasteiger partial charge in [-0.3, -0.25) is 4.79 Å². The highest BCUT2D eigenvalue weighted by atomic mass is 16.6. The normalized spacial score (nSPS) is 18.3. The summed E-state index contributed by atoms with van der Waals surface area (Å²) in [5.74, 6) is -0.500. The van der Waals surface area contributed by atoms with Crippen LogP contribution in [-0.4, -0.2) is 54.5 Å². The number of nitrogens with zero attached hydrogens (tertiary/aromatic N) is 1. The molecule has 1 N–H and O–H groups in total. The second-order valence-electron chi connectivity index (χ2n) is 5.27. The van der Waals surface area contributed by atoms with Crippen LogP contribution in [-0.2, 0) is 14.3 Å². The van der Waals surface area contributed by atoms with E-state index in [1.54, 1.807) is 20.8 Å². The highest BCUT2D eigenvalue weighted by molar-refractivity contribution is 5.82. The van der Waals surface area contributed by atoms with Crippen molar-refractivity contribution in [3.05, 3.63) is 0 Å². The van der Waals surface area contributed by atoms with Gasteiger partial charge < -0.3 is 19.5 Å². The highest BCUT2D eigenvalue weighted by Crippen LogP contribution is 2.32. The number of aliphatic hydroxyl groups excluding tert-OH is 1. The summed E-state index contributed by atoms with van der Waals surface area (Å²) in [6.45, 7) is 5.23. The lowest BCUT2D eigenvalue weighted by Crippen LogP contribution is -2.64. The van der Waals surface area contributed by atoms with Gasteiger partial charge in [-0.2, -0.15) is 0 Å². The Hall–Kier alpha value is -1.30. The number of carbonyl (C=O) groups is 2. The van der Waals surface area contributed by atoms with Crippen LogP contribution in [0.4, 0.5) is 4.79 Å². The molecule has 1 heterocycles. The Morgan fingerprint density at radius 1 is 1.35 bits per heavy atom. The molecule has 17 heavy (non-hydrogen) atoms. The lowest BCUT2D eigenvalue weighted by molar-refractivity contribution is -0.167. The van der Waals surface area contributed by atoms with Crippen LogP contribution in [0.3, 0.4) is 0 Å². The summed E-state index contributed by atoms with van der Waals surface area (Å²) in [6.07, 6.45) is -0.481. The van der Waals surface area contributed by atoms with Gasteiger partial charge in [0.25, 0.3) is 0 Å². The van der Waals surface area contributed by atoms with Gasteiger partial charge in [0.2, 0.25) is 0 Å². The van der Waals surface area contributed by atoms with E-state index in [1.165, 1.54) is 12.0 Å². The average Bonchev–Trinajstić information content (AvgIpc) is 2.13. The molecule has 1 fully saturated rings. The number of amides is 1. The minimum absolute atomic E-state index is 0.130. The molecule has 6 nitrogen and oxygen atoms in total. The Labute approximate surface area is 100 Å². The molecule has 1 rings (SSSR count). The molecule has 0 aliphatic carbocycles. The number of esters is 1. The van der Waals surface area contributed by atoms with Crippen molar-refractivity contribution in [1.29, 1.82) is 0 Å². The van der Waals surface area contributed by atoms with E-state index in [0.29, 0.717) is 0 Å². The Kier molecular flexibility index (Phi) is 3.66. The molecule has 6 heteroatoms. The Morgan fingerprint density at radius 2 is 1.88 bits per heavy atom. The number of ether oxygens (including phenoxy) is 2. The van der Waals surface area contributed by atoms with Crippen molar-refractivity contribution in [2.45, 2.75) is 26.4 Å². The predicted molar refractivity (Wildman–Crippen MR) is 59.3 cm³/mol. The van der Waals surface area contributed by atoms with Gasteiger partial charge in [-0.05, 0) is 20.8 Å². The molecule has 1 aliphatic rings. The van der Waals surface area contributed by atoms with Gasteiger partial charge >= 0.3 is 12.1 Å². The summed E-state index contributed by atoms with van der Waals surface area (Å²) >= 11 is 0. The smallest absolute Gasteiger partial charge is 0.410 e. The van der Waals surface area contributed by atoms with Crippen LogP contribution >= 0.6 is 0 Å². The topological polar surface area (TPSA) is 76.1 Å². The molecular weight excluding hydrogens is 226 g/mol. The fourth-order valence-corrected chi connectivity index (χ4v) is 1.65. The Morgan fingerprint density at radius 3 is 2.24 bits per heavy atom. The molecule has 0 aromatic carbocycles. The molecule has 1 aliphatic heterocycles. The summed E-state index contributed by atoms with van der Waals surface area (Å²) < 4.78 is 9.75. The number of aliphatic hydroxyl groups is 1. The van der Waals surface area contributed by atoms with Crippen LogP contribution in [0.2, 0.25) is 0 Å². The van der Waals surface area contributed by atoms with Crippen molar-refractivity contribution in [2.24, 2.45) is 5.41 Å². The number of rotatable bonds is 2. The van der Waals surface area contributed by atoms with Gasteiger partial charge in [-0.1, -0.05) is 0 Å². The van der Waals surface area contributed by atoms with Crippen LogP contribution < -0.4 is 0 Å². The largest absolute Gasteiger partial charge is 0.468 e. The van der Waals surface area contributed by atoms with E-state index in [2.05, 4.69) is 4.74 Å². The number of hydrogen-bond donors (Lipinski definition) is 1. The Bertz CT molecular complexity index is 314. The van der Waals surface area contributed by atoms with Crippen molar-refractivity contribution in [1.82, 2.24) is 4.90 Å². The van der Waals surface area contributed by atoms with E-state index in [0.717, 1.165) is 0 Å². The summed E-state index contributed by atoms with van der Waals surface area (Å²) in [5.41, 5.74) is -1.55. The molecule has 98 valence electrons. The second-order valence-corrected chi connectivity index (χ2v) is 5.27. The fraction of sp³-hybridized carbons (Fsp3) is 0.818. The Balaban J connectivity index is 2.55. The van der Waals surface area contributed by atoms with Crippen LogP contribution in [0, 0.1) is 5.41 Å². The number of methoxy groups -OCH3 is 1. The first-order valence-corrected chi connectivity index (χ1v) is 5.41. The summed E-state index contributed by atoms with van der Waals surface area (Å²) in [7, 11) is 1.26. The van der Waals surface area contributed by atoms with E-state index in [9.17, 15) is 14.7 Å². The molecule has 1 amide bonds. The molecule has 1 saturated heterocycles. The maximum Gasteiger partial charge on any atom is 0.410 e. The zero-order valence-electron chi connectivity index (χ0n) is 10.6. The predicted octanol–water partition coefficient (Wildman–Crippen LogP) is 0.389. The van der Waals surface area contributed by atoms with Crippen molar-refractivity contribution < 1.29 is 24.2 Å². The van der Waals surface area contributed by atoms with Crippen LogP contribution in [0.1, 0.15) is 20.8 Å². The van der Waals surface area contributed by atoms with Crippen molar-refractivity contribution >= 4 is 12.1 Å². The third kappa shape index (κ3) is 2.88. The van der Waals surface area contributed by atoms with E-state index < -0.39 is 23.1 Å². The molecule has 0 spiro atoms. The zero-order chi connectivity index (χ0) is 13.3. The molecule has 0 aromatic heterocycles. The van der Waals surface area contributed by atoms with Gasteiger partial charge in [0, 0.05) is 13.1 Å².